The lowest BCUT2D eigenvalue weighted by Gasteiger charge is -2.11. The van der Waals surface area contributed by atoms with Crippen molar-refractivity contribution in [3.8, 4) is 5.75 Å². The number of sulfonamides is 1. The SMILES string of the molecule is Cc1ccc(NC(=O)COc2ccc(S(=O)(=O)NCc3ccccc3)cc2Cl)cc1. The van der Waals surface area contributed by atoms with E-state index in [0.29, 0.717) is 5.69 Å². The Hall–Kier alpha value is -2.87. The highest BCUT2D eigenvalue weighted by Gasteiger charge is 2.16. The molecule has 3 rings (SSSR count). The molecule has 0 atom stereocenters. The summed E-state index contributed by atoms with van der Waals surface area (Å²) in [6.07, 6.45) is 0. The van der Waals surface area contributed by atoms with Gasteiger partial charge >= 0.3 is 0 Å². The summed E-state index contributed by atoms with van der Waals surface area (Å²) in [5.41, 5.74) is 2.59. The number of carbonyl (C=O) groups is 1. The van der Waals surface area contributed by atoms with E-state index in [0.717, 1.165) is 11.1 Å². The molecule has 0 spiro atoms. The number of aryl methyl sites for hydroxylation is 1. The van der Waals surface area contributed by atoms with Gasteiger partial charge in [-0.15, -0.1) is 0 Å². The number of hydrogen-bond donors (Lipinski definition) is 2. The van der Waals surface area contributed by atoms with E-state index in [-0.39, 0.29) is 34.7 Å². The maximum atomic E-state index is 12.5. The first-order chi connectivity index (χ1) is 14.3. The molecule has 0 aliphatic rings. The zero-order chi connectivity index (χ0) is 21.6. The Bertz CT molecular complexity index is 1120. The molecule has 0 radical (unpaired) electrons. The summed E-state index contributed by atoms with van der Waals surface area (Å²) in [6, 6.07) is 20.7. The van der Waals surface area contributed by atoms with Gasteiger partial charge < -0.3 is 10.1 Å². The van der Waals surface area contributed by atoms with Crippen LogP contribution in [0.1, 0.15) is 11.1 Å². The van der Waals surface area contributed by atoms with Gasteiger partial charge in [-0.05, 0) is 42.8 Å². The third kappa shape index (κ3) is 6.06. The van der Waals surface area contributed by atoms with E-state index < -0.39 is 10.0 Å². The minimum Gasteiger partial charge on any atom is -0.482 e. The first-order valence-corrected chi connectivity index (χ1v) is 11.0. The van der Waals surface area contributed by atoms with E-state index in [1.54, 1.807) is 12.1 Å². The zero-order valence-electron chi connectivity index (χ0n) is 16.3. The topological polar surface area (TPSA) is 84.5 Å². The van der Waals surface area contributed by atoms with Crippen LogP contribution in [0.5, 0.6) is 5.75 Å². The molecule has 0 saturated carbocycles. The molecule has 2 N–H and O–H groups in total. The lowest BCUT2D eigenvalue weighted by Crippen LogP contribution is -2.23. The Morgan fingerprint density at radius 2 is 1.70 bits per heavy atom. The molecule has 0 fully saturated rings. The van der Waals surface area contributed by atoms with Crippen molar-refractivity contribution in [2.45, 2.75) is 18.4 Å². The molecule has 0 aromatic heterocycles. The minimum absolute atomic E-state index is 0.0138. The van der Waals surface area contributed by atoms with Gasteiger partial charge in [0.2, 0.25) is 10.0 Å². The maximum Gasteiger partial charge on any atom is 0.262 e. The molecular formula is C22H21ClN2O4S. The number of carbonyl (C=O) groups excluding carboxylic acids is 1. The normalized spacial score (nSPS) is 11.1. The van der Waals surface area contributed by atoms with Gasteiger partial charge in [0, 0.05) is 12.2 Å². The second-order valence-corrected chi connectivity index (χ2v) is 8.78. The van der Waals surface area contributed by atoms with Gasteiger partial charge in [-0.3, -0.25) is 4.79 Å². The van der Waals surface area contributed by atoms with E-state index in [2.05, 4.69) is 10.0 Å². The molecular weight excluding hydrogens is 424 g/mol. The summed E-state index contributed by atoms with van der Waals surface area (Å²) in [5, 5.41) is 2.81. The molecule has 0 aliphatic carbocycles. The molecule has 0 unspecified atom stereocenters. The maximum absolute atomic E-state index is 12.5. The quantitative estimate of drug-likeness (QED) is 0.546. The summed E-state index contributed by atoms with van der Waals surface area (Å²) in [7, 11) is -3.74. The number of anilines is 1. The molecule has 156 valence electrons. The Morgan fingerprint density at radius 1 is 1.00 bits per heavy atom. The van der Waals surface area contributed by atoms with Crippen LogP contribution in [-0.4, -0.2) is 20.9 Å². The van der Waals surface area contributed by atoms with E-state index in [1.807, 2.05) is 49.4 Å². The molecule has 6 nitrogen and oxygen atoms in total. The molecule has 0 bridgehead atoms. The fourth-order valence-electron chi connectivity index (χ4n) is 2.60. The molecule has 0 heterocycles. The molecule has 1 amide bonds. The van der Waals surface area contributed by atoms with Crippen LogP contribution in [0.2, 0.25) is 5.02 Å². The Morgan fingerprint density at radius 3 is 2.37 bits per heavy atom. The van der Waals surface area contributed by atoms with Gasteiger partial charge in [0.15, 0.2) is 6.61 Å². The third-order valence-corrected chi connectivity index (χ3v) is 5.91. The Balaban J connectivity index is 1.58. The summed E-state index contributed by atoms with van der Waals surface area (Å²) >= 11 is 6.16. The van der Waals surface area contributed by atoms with Crippen molar-refractivity contribution in [2.75, 3.05) is 11.9 Å². The summed E-state index contributed by atoms with van der Waals surface area (Å²) in [5.74, 6) is -0.131. The highest BCUT2D eigenvalue weighted by Crippen LogP contribution is 2.27. The largest absolute Gasteiger partial charge is 0.482 e. The molecule has 8 heteroatoms. The van der Waals surface area contributed by atoms with Crippen molar-refractivity contribution in [2.24, 2.45) is 0 Å². The first-order valence-electron chi connectivity index (χ1n) is 9.16. The van der Waals surface area contributed by atoms with E-state index in [9.17, 15) is 13.2 Å². The van der Waals surface area contributed by atoms with Crippen LogP contribution in [0.4, 0.5) is 5.69 Å². The van der Waals surface area contributed by atoms with Gasteiger partial charge in [0.05, 0.1) is 9.92 Å². The van der Waals surface area contributed by atoms with Gasteiger partial charge in [-0.1, -0.05) is 59.6 Å². The summed E-state index contributed by atoms with van der Waals surface area (Å²) in [6.45, 7) is 1.86. The highest BCUT2D eigenvalue weighted by molar-refractivity contribution is 7.89. The number of rotatable bonds is 8. The van der Waals surface area contributed by atoms with Crippen LogP contribution < -0.4 is 14.8 Å². The van der Waals surface area contributed by atoms with Crippen molar-refractivity contribution in [3.05, 3.63) is 88.9 Å². The Kier molecular flexibility index (Phi) is 7.10. The first kappa shape index (κ1) is 21.8. The molecule has 0 saturated heterocycles. The Labute approximate surface area is 180 Å². The van der Waals surface area contributed by atoms with Gasteiger partial charge in [-0.2, -0.15) is 0 Å². The van der Waals surface area contributed by atoms with E-state index in [1.165, 1.54) is 18.2 Å². The van der Waals surface area contributed by atoms with Crippen LogP contribution in [0.25, 0.3) is 0 Å². The van der Waals surface area contributed by atoms with Crippen molar-refractivity contribution in [3.63, 3.8) is 0 Å². The number of hydrogen-bond acceptors (Lipinski definition) is 4. The minimum atomic E-state index is -3.74. The van der Waals surface area contributed by atoms with Crippen LogP contribution in [-0.2, 0) is 21.4 Å². The fourth-order valence-corrected chi connectivity index (χ4v) is 3.94. The van der Waals surface area contributed by atoms with E-state index >= 15 is 0 Å². The van der Waals surface area contributed by atoms with Gasteiger partial charge in [0.1, 0.15) is 5.75 Å². The predicted octanol–water partition coefficient (Wildman–Crippen LogP) is 4.14. The smallest absolute Gasteiger partial charge is 0.262 e. The second kappa shape index (κ2) is 9.75. The number of benzene rings is 3. The van der Waals surface area contributed by atoms with Crippen molar-refractivity contribution >= 4 is 33.2 Å². The second-order valence-electron chi connectivity index (χ2n) is 6.61. The monoisotopic (exact) mass is 444 g/mol. The predicted molar refractivity (Wildman–Crippen MR) is 117 cm³/mol. The number of halogens is 1. The lowest BCUT2D eigenvalue weighted by atomic mass is 10.2. The fraction of sp³-hybridized carbons (Fsp3) is 0.136. The zero-order valence-corrected chi connectivity index (χ0v) is 17.8. The van der Waals surface area contributed by atoms with Crippen LogP contribution >= 0.6 is 11.6 Å². The van der Waals surface area contributed by atoms with Crippen molar-refractivity contribution < 1.29 is 17.9 Å². The van der Waals surface area contributed by atoms with Gasteiger partial charge in [-0.25, -0.2) is 13.1 Å². The standard InChI is InChI=1S/C22H21ClN2O4S/c1-16-7-9-18(10-8-16)25-22(26)15-29-21-12-11-19(13-20(21)23)30(27,28)24-14-17-5-3-2-4-6-17/h2-13,24H,14-15H2,1H3,(H,25,26). The highest BCUT2D eigenvalue weighted by atomic mass is 35.5. The molecule has 30 heavy (non-hydrogen) atoms. The van der Waals surface area contributed by atoms with Crippen LogP contribution in [0.3, 0.4) is 0 Å². The van der Waals surface area contributed by atoms with Crippen LogP contribution in [0.15, 0.2) is 77.7 Å². The average Bonchev–Trinajstić information content (AvgIpc) is 2.74. The number of amides is 1. The van der Waals surface area contributed by atoms with Crippen molar-refractivity contribution in [1.82, 2.24) is 4.72 Å². The number of ether oxygens (including phenoxy) is 1. The molecule has 3 aromatic rings. The van der Waals surface area contributed by atoms with E-state index in [4.69, 9.17) is 16.3 Å². The lowest BCUT2D eigenvalue weighted by molar-refractivity contribution is -0.118. The van der Waals surface area contributed by atoms with Crippen LogP contribution in [0, 0.1) is 6.92 Å². The summed E-state index contributed by atoms with van der Waals surface area (Å²) in [4.78, 5) is 12.1. The molecule has 0 aliphatic heterocycles. The number of nitrogens with one attached hydrogen (secondary N) is 2. The molecule has 3 aromatic carbocycles. The van der Waals surface area contributed by atoms with Gasteiger partial charge in [0.25, 0.3) is 5.91 Å². The summed E-state index contributed by atoms with van der Waals surface area (Å²) < 4.78 is 32.9. The van der Waals surface area contributed by atoms with Crippen molar-refractivity contribution in [1.29, 1.82) is 0 Å². The average molecular weight is 445 g/mol. The third-order valence-electron chi connectivity index (χ3n) is 4.22.